The van der Waals surface area contributed by atoms with Gasteiger partial charge in [-0.15, -0.1) is 0 Å². The van der Waals surface area contributed by atoms with E-state index in [1.807, 2.05) is 6.92 Å². The Kier molecular flexibility index (Phi) is 1.68. The summed E-state index contributed by atoms with van der Waals surface area (Å²) < 4.78 is 5.52. The van der Waals surface area contributed by atoms with Crippen LogP contribution in [0.1, 0.15) is 26.7 Å². The van der Waals surface area contributed by atoms with E-state index in [4.69, 9.17) is 4.74 Å². The molecule has 0 radical (unpaired) electrons. The lowest BCUT2D eigenvalue weighted by molar-refractivity contribution is -0.145. The first-order valence-corrected chi connectivity index (χ1v) is 4.78. The van der Waals surface area contributed by atoms with Crippen molar-refractivity contribution in [1.29, 1.82) is 0 Å². The van der Waals surface area contributed by atoms with Crippen molar-refractivity contribution in [3.63, 3.8) is 0 Å². The van der Waals surface area contributed by atoms with E-state index in [1.165, 1.54) is 0 Å². The second kappa shape index (κ2) is 2.44. The number of rotatable bonds is 1. The van der Waals surface area contributed by atoms with Gasteiger partial charge in [-0.25, -0.2) is 0 Å². The number of carbonyl (C=O) groups excluding carboxylic acids is 1. The van der Waals surface area contributed by atoms with E-state index in [9.17, 15) is 4.79 Å². The number of ether oxygens (including phenoxy) is 1. The van der Waals surface area contributed by atoms with Crippen molar-refractivity contribution in [3.8, 4) is 0 Å². The van der Waals surface area contributed by atoms with Gasteiger partial charge in [0.15, 0.2) is 0 Å². The van der Waals surface area contributed by atoms with Crippen LogP contribution in [0.3, 0.4) is 0 Å². The fraction of sp³-hybridized carbons (Fsp3) is 0.727. The largest absolute Gasteiger partial charge is 0.378 e. The van der Waals surface area contributed by atoms with Gasteiger partial charge in [-0.1, -0.05) is 12.2 Å². The summed E-state index contributed by atoms with van der Waals surface area (Å²) in [6, 6.07) is 0. The van der Waals surface area contributed by atoms with Crippen LogP contribution in [-0.2, 0) is 9.53 Å². The first-order valence-electron chi connectivity index (χ1n) is 4.78. The number of ketones is 1. The van der Waals surface area contributed by atoms with E-state index >= 15 is 0 Å². The summed E-state index contributed by atoms with van der Waals surface area (Å²) in [5.41, 5.74) is -0.392. The average molecular weight is 180 g/mol. The third-order valence-electron chi connectivity index (χ3n) is 3.71. The summed E-state index contributed by atoms with van der Waals surface area (Å²) in [4.78, 5) is 11.7. The molecule has 1 unspecified atom stereocenters. The number of carbonyl (C=O) groups is 1. The molecule has 0 heterocycles. The van der Waals surface area contributed by atoms with Crippen LogP contribution in [0.15, 0.2) is 12.2 Å². The van der Waals surface area contributed by atoms with Crippen molar-refractivity contribution in [2.75, 3.05) is 7.11 Å². The summed E-state index contributed by atoms with van der Waals surface area (Å²) in [6.45, 7) is 4.12. The third kappa shape index (κ3) is 1.08. The summed E-state index contributed by atoms with van der Waals surface area (Å²) in [7, 11) is 1.74. The lowest BCUT2D eigenvalue weighted by Crippen LogP contribution is -2.52. The van der Waals surface area contributed by atoms with E-state index in [2.05, 4.69) is 19.1 Å². The van der Waals surface area contributed by atoms with Crippen LogP contribution in [0.25, 0.3) is 0 Å². The van der Waals surface area contributed by atoms with Crippen LogP contribution in [0.2, 0.25) is 0 Å². The molecular formula is C11H16O2. The predicted molar refractivity (Wildman–Crippen MR) is 50.4 cm³/mol. The van der Waals surface area contributed by atoms with Crippen molar-refractivity contribution in [2.24, 2.45) is 11.3 Å². The molecule has 2 bridgehead atoms. The van der Waals surface area contributed by atoms with Gasteiger partial charge in [-0.3, -0.25) is 4.79 Å². The summed E-state index contributed by atoms with van der Waals surface area (Å²) in [6.07, 6.45) is 5.69. The van der Waals surface area contributed by atoms with E-state index in [0.29, 0.717) is 12.2 Å². The second-order valence-electron chi connectivity index (χ2n) is 4.70. The van der Waals surface area contributed by atoms with Crippen molar-refractivity contribution in [3.05, 3.63) is 12.2 Å². The van der Waals surface area contributed by atoms with E-state index < -0.39 is 0 Å². The Balaban J connectivity index is 2.39. The molecule has 0 aromatic rings. The minimum Gasteiger partial charge on any atom is -0.378 e. The van der Waals surface area contributed by atoms with E-state index in [0.717, 1.165) is 6.42 Å². The second-order valence-corrected chi connectivity index (χ2v) is 4.70. The monoisotopic (exact) mass is 180 g/mol. The van der Waals surface area contributed by atoms with Gasteiger partial charge in [0, 0.05) is 24.9 Å². The lowest BCUT2D eigenvalue weighted by Gasteiger charge is -2.49. The fourth-order valence-corrected chi connectivity index (χ4v) is 2.58. The van der Waals surface area contributed by atoms with Crippen LogP contribution < -0.4 is 0 Å². The van der Waals surface area contributed by atoms with Crippen LogP contribution in [0.5, 0.6) is 0 Å². The Morgan fingerprint density at radius 1 is 1.54 bits per heavy atom. The number of hydrogen-bond donors (Lipinski definition) is 0. The Hall–Kier alpha value is -0.630. The average Bonchev–Trinajstić information content (AvgIpc) is 2.08. The van der Waals surface area contributed by atoms with Crippen molar-refractivity contribution >= 4 is 5.78 Å². The Labute approximate surface area is 79.0 Å². The van der Waals surface area contributed by atoms with Gasteiger partial charge in [0.1, 0.15) is 5.78 Å². The standard InChI is InChI=1S/C11H16O2/c1-10-5-4-8(6-9(10)12)11(2,7-10)13-3/h4-5,8H,6-7H2,1-3H3/t8-,10-,11?/m1/s1. The van der Waals surface area contributed by atoms with E-state index in [-0.39, 0.29) is 16.9 Å². The third-order valence-corrected chi connectivity index (χ3v) is 3.71. The molecule has 0 N–H and O–H groups in total. The number of Topliss-reactive ketones (excluding diaryl/α,β-unsaturated/α-hetero) is 1. The molecule has 0 aromatic heterocycles. The SMILES string of the molecule is COC1(C)C[C@@]2(C)C=C[C@@H]1CC2=O. The molecule has 0 spiro atoms. The summed E-state index contributed by atoms with van der Waals surface area (Å²) in [5.74, 6) is 0.654. The quantitative estimate of drug-likeness (QED) is 0.576. The zero-order chi connectivity index (χ0) is 9.69. The molecular weight excluding hydrogens is 164 g/mol. The molecule has 1 fully saturated rings. The van der Waals surface area contributed by atoms with Crippen LogP contribution in [0, 0.1) is 11.3 Å². The highest BCUT2D eigenvalue weighted by atomic mass is 16.5. The molecule has 72 valence electrons. The number of methoxy groups -OCH3 is 1. The molecule has 0 aromatic carbocycles. The molecule has 0 aliphatic heterocycles. The highest BCUT2D eigenvalue weighted by Crippen LogP contribution is 2.49. The molecule has 3 aliphatic carbocycles. The van der Waals surface area contributed by atoms with Crippen LogP contribution in [0.4, 0.5) is 0 Å². The predicted octanol–water partition coefficient (Wildman–Crippen LogP) is 1.95. The first-order chi connectivity index (χ1) is 6.00. The Bertz CT molecular complexity index is 282. The zero-order valence-electron chi connectivity index (χ0n) is 8.46. The molecule has 3 atom stereocenters. The molecule has 3 aliphatic rings. The number of hydrogen-bond acceptors (Lipinski definition) is 2. The van der Waals surface area contributed by atoms with Crippen LogP contribution >= 0.6 is 0 Å². The summed E-state index contributed by atoms with van der Waals surface area (Å²) >= 11 is 0. The van der Waals surface area contributed by atoms with Gasteiger partial charge in [0.2, 0.25) is 0 Å². The molecule has 1 saturated carbocycles. The van der Waals surface area contributed by atoms with Gasteiger partial charge < -0.3 is 4.74 Å². The van der Waals surface area contributed by atoms with Crippen molar-refractivity contribution < 1.29 is 9.53 Å². The zero-order valence-corrected chi connectivity index (χ0v) is 8.46. The molecule has 13 heavy (non-hydrogen) atoms. The van der Waals surface area contributed by atoms with Gasteiger partial charge in [-0.05, 0) is 20.3 Å². The molecule has 0 amide bonds. The Morgan fingerprint density at radius 2 is 2.23 bits per heavy atom. The highest BCUT2D eigenvalue weighted by molar-refractivity contribution is 5.89. The topological polar surface area (TPSA) is 26.3 Å². The van der Waals surface area contributed by atoms with E-state index in [1.54, 1.807) is 7.11 Å². The summed E-state index contributed by atoms with van der Waals surface area (Å²) in [5, 5.41) is 0. The van der Waals surface area contributed by atoms with Gasteiger partial charge in [-0.2, -0.15) is 0 Å². The van der Waals surface area contributed by atoms with Crippen molar-refractivity contribution in [2.45, 2.75) is 32.3 Å². The minimum absolute atomic E-state index is 0.128. The van der Waals surface area contributed by atoms with Gasteiger partial charge >= 0.3 is 0 Å². The van der Waals surface area contributed by atoms with Gasteiger partial charge in [0.05, 0.1) is 5.60 Å². The molecule has 2 nitrogen and oxygen atoms in total. The minimum atomic E-state index is -0.264. The smallest absolute Gasteiger partial charge is 0.143 e. The van der Waals surface area contributed by atoms with Crippen molar-refractivity contribution in [1.82, 2.24) is 0 Å². The van der Waals surface area contributed by atoms with Gasteiger partial charge in [0.25, 0.3) is 0 Å². The maximum absolute atomic E-state index is 11.7. The maximum atomic E-state index is 11.7. The first kappa shape index (κ1) is 8.95. The number of fused-ring (bicyclic) bond motifs is 2. The molecule has 2 heteroatoms. The normalized spacial score (nSPS) is 48.5. The molecule has 0 saturated heterocycles. The molecule has 3 rings (SSSR count). The highest BCUT2D eigenvalue weighted by Gasteiger charge is 2.51. The maximum Gasteiger partial charge on any atom is 0.143 e. The number of allylic oxidation sites excluding steroid dienone is 1. The Morgan fingerprint density at radius 3 is 2.69 bits per heavy atom. The fourth-order valence-electron chi connectivity index (χ4n) is 2.58. The lowest BCUT2D eigenvalue weighted by atomic mass is 9.59. The van der Waals surface area contributed by atoms with Crippen LogP contribution in [-0.4, -0.2) is 18.5 Å².